The number of hydrogen-bond acceptors (Lipinski definition) is 3. The van der Waals surface area contributed by atoms with E-state index in [-0.39, 0.29) is 30.1 Å². The summed E-state index contributed by atoms with van der Waals surface area (Å²) in [4.78, 5) is 0. The molecule has 0 heterocycles. The second kappa shape index (κ2) is 5.98. The van der Waals surface area contributed by atoms with E-state index in [1.54, 1.807) is 0 Å². The molecular weight excluding hydrogens is 269 g/mol. The average molecular weight is 287 g/mol. The van der Waals surface area contributed by atoms with E-state index in [2.05, 4.69) is 4.72 Å². The van der Waals surface area contributed by atoms with Crippen molar-refractivity contribution in [3.8, 4) is 0 Å². The first-order valence-corrected chi connectivity index (χ1v) is 8.01. The van der Waals surface area contributed by atoms with Gasteiger partial charge in [0.25, 0.3) is 0 Å². The monoisotopic (exact) mass is 287 g/mol. The fourth-order valence-electron chi connectivity index (χ4n) is 2.48. The molecule has 1 aliphatic carbocycles. The largest absolute Gasteiger partial charge is 0.396 e. The van der Waals surface area contributed by atoms with E-state index in [9.17, 15) is 17.9 Å². The predicted octanol–water partition coefficient (Wildman–Crippen LogP) is 1.41. The number of aliphatic hydroxyl groups excluding tert-OH is 1. The van der Waals surface area contributed by atoms with Gasteiger partial charge in [0, 0.05) is 12.6 Å². The molecule has 0 bridgehead atoms. The molecule has 6 heteroatoms. The first kappa shape index (κ1) is 14.4. The Hall–Kier alpha value is -0.980. The van der Waals surface area contributed by atoms with Crippen molar-refractivity contribution in [3.63, 3.8) is 0 Å². The molecule has 1 fully saturated rings. The average Bonchev–Trinajstić information content (AvgIpc) is 2.78. The third kappa shape index (κ3) is 3.99. The molecule has 19 heavy (non-hydrogen) atoms. The van der Waals surface area contributed by atoms with E-state index in [1.165, 1.54) is 24.3 Å². The molecule has 1 aromatic carbocycles. The highest BCUT2D eigenvalue weighted by molar-refractivity contribution is 7.88. The number of sulfonamides is 1. The lowest BCUT2D eigenvalue weighted by Gasteiger charge is -2.19. The minimum atomic E-state index is -3.46. The van der Waals surface area contributed by atoms with Crippen LogP contribution in [-0.2, 0) is 15.8 Å². The number of hydrogen-bond donors (Lipinski definition) is 2. The maximum absolute atomic E-state index is 12.8. The lowest BCUT2D eigenvalue weighted by atomic mass is 10.1. The van der Waals surface area contributed by atoms with Crippen molar-refractivity contribution < 1.29 is 17.9 Å². The number of benzene rings is 1. The highest BCUT2D eigenvalue weighted by Gasteiger charge is 2.30. The molecule has 2 N–H and O–H groups in total. The third-order valence-corrected chi connectivity index (χ3v) is 4.87. The molecule has 1 aromatic rings. The van der Waals surface area contributed by atoms with Crippen LogP contribution in [0.1, 0.15) is 24.8 Å². The molecule has 2 rings (SSSR count). The molecule has 4 nitrogen and oxygen atoms in total. The molecule has 0 spiro atoms. The molecule has 0 aliphatic heterocycles. The van der Waals surface area contributed by atoms with Crippen molar-refractivity contribution in [1.29, 1.82) is 0 Å². The van der Waals surface area contributed by atoms with Gasteiger partial charge < -0.3 is 5.11 Å². The quantitative estimate of drug-likeness (QED) is 0.860. The molecule has 0 aromatic heterocycles. The first-order chi connectivity index (χ1) is 9.00. The normalized spacial score (nSPS) is 23.7. The summed E-state index contributed by atoms with van der Waals surface area (Å²) in [6.07, 6.45) is 2.53. The number of rotatable bonds is 5. The topological polar surface area (TPSA) is 66.4 Å². The lowest BCUT2D eigenvalue weighted by Crippen LogP contribution is -2.39. The van der Waals surface area contributed by atoms with Gasteiger partial charge in [-0.1, -0.05) is 18.6 Å². The van der Waals surface area contributed by atoms with Crippen molar-refractivity contribution >= 4 is 10.0 Å². The highest BCUT2D eigenvalue weighted by atomic mass is 32.2. The Morgan fingerprint density at radius 3 is 2.58 bits per heavy atom. The second-order valence-corrected chi connectivity index (χ2v) is 6.74. The highest BCUT2D eigenvalue weighted by Crippen LogP contribution is 2.26. The standard InChI is InChI=1S/C13H18FNO3S/c14-12-6-4-10(5-7-12)9-19(17,18)15-13-3-1-2-11(13)8-16/h4-7,11,13,15-16H,1-3,8-9H2. The Morgan fingerprint density at radius 2 is 1.95 bits per heavy atom. The van der Waals surface area contributed by atoms with Crippen molar-refractivity contribution in [3.05, 3.63) is 35.6 Å². The molecule has 1 saturated carbocycles. The van der Waals surface area contributed by atoms with Gasteiger partial charge in [-0.2, -0.15) is 0 Å². The minimum absolute atomic E-state index is 0.00277. The number of nitrogens with one attached hydrogen (secondary N) is 1. The fourth-order valence-corrected chi connectivity index (χ4v) is 3.97. The van der Waals surface area contributed by atoms with Crippen LogP contribution in [0.5, 0.6) is 0 Å². The van der Waals surface area contributed by atoms with Gasteiger partial charge in [-0.3, -0.25) is 0 Å². The summed E-state index contributed by atoms with van der Waals surface area (Å²) in [6, 6.07) is 5.24. The molecule has 2 unspecified atom stereocenters. The predicted molar refractivity (Wildman–Crippen MR) is 70.4 cm³/mol. The van der Waals surface area contributed by atoms with E-state index in [4.69, 9.17) is 0 Å². The Balaban J connectivity index is 2.00. The molecule has 0 radical (unpaired) electrons. The summed E-state index contributed by atoms with van der Waals surface area (Å²) in [5.74, 6) is -0.546. The summed E-state index contributed by atoms with van der Waals surface area (Å²) < 4.78 is 39.4. The van der Waals surface area contributed by atoms with Gasteiger partial charge in [0.05, 0.1) is 5.75 Å². The summed E-state index contributed by atoms with van der Waals surface area (Å²) in [5, 5.41) is 9.18. The minimum Gasteiger partial charge on any atom is -0.396 e. The van der Waals surface area contributed by atoms with E-state index < -0.39 is 10.0 Å². The van der Waals surface area contributed by atoms with E-state index >= 15 is 0 Å². The van der Waals surface area contributed by atoms with Crippen LogP contribution < -0.4 is 4.72 Å². The van der Waals surface area contributed by atoms with Crippen LogP contribution in [0.15, 0.2) is 24.3 Å². The van der Waals surface area contributed by atoms with E-state index in [0.717, 1.165) is 19.3 Å². The van der Waals surface area contributed by atoms with Crippen LogP contribution in [0.2, 0.25) is 0 Å². The second-order valence-electron chi connectivity index (χ2n) is 4.98. The number of aliphatic hydroxyl groups is 1. The molecular formula is C13H18FNO3S. The zero-order valence-electron chi connectivity index (χ0n) is 10.5. The summed E-state index contributed by atoms with van der Waals surface area (Å²) in [7, 11) is -3.46. The van der Waals surface area contributed by atoms with Gasteiger partial charge in [0.1, 0.15) is 5.82 Å². The lowest BCUT2D eigenvalue weighted by molar-refractivity contribution is 0.213. The van der Waals surface area contributed by atoms with Crippen LogP contribution in [0, 0.1) is 11.7 Å². The summed E-state index contributed by atoms with van der Waals surface area (Å²) >= 11 is 0. The van der Waals surface area contributed by atoms with Crippen LogP contribution in [0.4, 0.5) is 4.39 Å². The molecule has 2 atom stereocenters. The van der Waals surface area contributed by atoms with Gasteiger partial charge in [-0.25, -0.2) is 17.5 Å². The Bertz CT molecular complexity index is 515. The van der Waals surface area contributed by atoms with Gasteiger partial charge in [0.2, 0.25) is 10.0 Å². The van der Waals surface area contributed by atoms with Gasteiger partial charge in [-0.15, -0.1) is 0 Å². The van der Waals surface area contributed by atoms with E-state index in [1.807, 2.05) is 0 Å². The van der Waals surface area contributed by atoms with Crippen LogP contribution >= 0.6 is 0 Å². The van der Waals surface area contributed by atoms with Crippen LogP contribution in [0.25, 0.3) is 0 Å². The maximum Gasteiger partial charge on any atom is 0.216 e. The smallest absolute Gasteiger partial charge is 0.216 e. The van der Waals surface area contributed by atoms with Gasteiger partial charge in [-0.05, 0) is 36.5 Å². The molecule has 0 saturated heterocycles. The Morgan fingerprint density at radius 1 is 1.26 bits per heavy atom. The van der Waals surface area contributed by atoms with Gasteiger partial charge >= 0.3 is 0 Å². The Labute approximate surface area is 112 Å². The molecule has 0 amide bonds. The van der Waals surface area contributed by atoms with Crippen molar-refractivity contribution in [2.24, 2.45) is 5.92 Å². The summed E-state index contributed by atoms with van der Waals surface area (Å²) in [5.41, 5.74) is 0.549. The molecule has 106 valence electrons. The van der Waals surface area contributed by atoms with Gasteiger partial charge in [0.15, 0.2) is 0 Å². The maximum atomic E-state index is 12.8. The fraction of sp³-hybridized carbons (Fsp3) is 0.538. The van der Waals surface area contributed by atoms with E-state index in [0.29, 0.717) is 5.56 Å². The van der Waals surface area contributed by atoms with Crippen LogP contribution in [-0.4, -0.2) is 26.2 Å². The van der Waals surface area contributed by atoms with Crippen molar-refractivity contribution in [2.45, 2.75) is 31.1 Å². The molecule has 1 aliphatic rings. The summed E-state index contributed by atoms with van der Waals surface area (Å²) in [6.45, 7) is 0.00371. The zero-order valence-corrected chi connectivity index (χ0v) is 11.4. The first-order valence-electron chi connectivity index (χ1n) is 6.35. The zero-order chi connectivity index (χ0) is 13.9. The SMILES string of the molecule is O=S(=O)(Cc1ccc(F)cc1)NC1CCCC1CO. The third-order valence-electron chi connectivity index (χ3n) is 3.49. The van der Waals surface area contributed by atoms with Crippen molar-refractivity contribution in [2.75, 3.05) is 6.61 Å². The van der Waals surface area contributed by atoms with Crippen LogP contribution in [0.3, 0.4) is 0 Å². The Kier molecular flexibility index (Phi) is 4.54. The van der Waals surface area contributed by atoms with Crippen molar-refractivity contribution in [1.82, 2.24) is 4.72 Å². The number of halogens is 1.